The molecule has 4 unspecified atom stereocenters. The maximum absolute atomic E-state index is 2.72. The molecule has 0 saturated heterocycles. The van der Waals surface area contributed by atoms with Crippen LogP contribution < -0.4 is 0 Å². The van der Waals surface area contributed by atoms with Crippen LogP contribution >= 0.6 is 0 Å². The van der Waals surface area contributed by atoms with E-state index in [0.29, 0.717) is 10.8 Å². The molecule has 3 aliphatic rings. The molecule has 0 aliphatic heterocycles. The van der Waals surface area contributed by atoms with Gasteiger partial charge in [-0.05, 0) is 91.8 Å². The summed E-state index contributed by atoms with van der Waals surface area (Å²) in [5, 5.41) is 0. The molecule has 0 aromatic heterocycles. The van der Waals surface area contributed by atoms with Gasteiger partial charge < -0.3 is 0 Å². The van der Waals surface area contributed by atoms with Crippen LogP contribution in [-0.4, -0.2) is 0 Å². The van der Waals surface area contributed by atoms with Gasteiger partial charge in [-0.25, -0.2) is 0 Å². The number of hydrogen-bond donors (Lipinski definition) is 0. The van der Waals surface area contributed by atoms with Crippen LogP contribution in [0.3, 0.4) is 0 Å². The third-order valence-electron chi connectivity index (χ3n) is 9.55. The predicted octanol–water partition coefficient (Wildman–Crippen LogP) is 9.20. The minimum atomic E-state index is 0.551. The largest absolute Gasteiger partial charge is 0.0845 e. The summed E-state index contributed by atoms with van der Waals surface area (Å²) in [7, 11) is 0. The average Bonchev–Trinajstić information content (AvgIpc) is 2.97. The average molecular weight is 387 g/mol. The van der Waals surface area contributed by atoms with Crippen LogP contribution in [0.5, 0.6) is 0 Å². The molecule has 6 atom stereocenters. The molecule has 2 fully saturated rings. The Kier molecular flexibility index (Phi) is 7.42. The van der Waals surface area contributed by atoms with Crippen molar-refractivity contribution in [3.8, 4) is 0 Å². The van der Waals surface area contributed by atoms with Crippen molar-refractivity contribution in [1.82, 2.24) is 0 Å². The molecule has 3 aliphatic carbocycles. The maximum atomic E-state index is 2.72. The van der Waals surface area contributed by atoms with E-state index in [1.165, 1.54) is 83.5 Å². The summed E-state index contributed by atoms with van der Waals surface area (Å²) in [5.41, 5.74) is 2.98. The third-order valence-corrected chi connectivity index (χ3v) is 9.55. The van der Waals surface area contributed by atoms with E-state index in [-0.39, 0.29) is 0 Å². The van der Waals surface area contributed by atoms with Crippen molar-refractivity contribution in [3.05, 3.63) is 11.6 Å². The van der Waals surface area contributed by atoms with E-state index in [1.807, 2.05) is 5.57 Å². The SMILES string of the molecule is CCC[C@]1(C)C(C(C)CCCC(C)C)CCC1C1CC=C2CCCC[C@]2(C)C1. The van der Waals surface area contributed by atoms with Crippen molar-refractivity contribution in [1.29, 1.82) is 0 Å². The van der Waals surface area contributed by atoms with Gasteiger partial charge in [0.2, 0.25) is 0 Å². The van der Waals surface area contributed by atoms with Gasteiger partial charge in [0, 0.05) is 0 Å². The first-order chi connectivity index (χ1) is 13.3. The smallest absolute Gasteiger partial charge is 0.0114 e. The van der Waals surface area contributed by atoms with Gasteiger partial charge in [-0.15, -0.1) is 0 Å². The van der Waals surface area contributed by atoms with Crippen molar-refractivity contribution in [2.75, 3.05) is 0 Å². The maximum Gasteiger partial charge on any atom is -0.0114 e. The molecule has 3 rings (SSSR count). The third kappa shape index (κ3) is 4.57. The van der Waals surface area contributed by atoms with Crippen LogP contribution in [-0.2, 0) is 0 Å². The zero-order valence-corrected chi connectivity index (χ0v) is 20.2. The molecule has 0 bridgehead atoms. The quantitative estimate of drug-likeness (QED) is 0.365. The monoisotopic (exact) mass is 386 g/mol. The second-order valence-corrected chi connectivity index (χ2v) is 12.0. The minimum absolute atomic E-state index is 0.551. The van der Waals surface area contributed by atoms with E-state index >= 15 is 0 Å². The van der Waals surface area contributed by atoms with Gasteiger partial charge in [-0.2, -0.15) is 0 Å². The molecule has 0 heterocycles. The van der Waals surface area contributed by atoms with E-state index in [2.05, 4.69) is 47.6 Å². The first-order valence-corrected chi connectivity index (χ1v) is 13.0. The summed E-state index contributed by atoms with van der Waals surface area (Å²) in [6.45, 7) is 15.1. The molecule has 0 N–H and O–H groups in total. The van der Waals surface area contributed by atoms with Crippen LogP contribution in [0.25, 0.3) is 0 Å². The van der Waals surface area contributed by atoms with E-state index in [1.54, 1.807) is 0 Å². The molecule has 0 aromatic rings. The van der Waals surface area contributed by atoms with Crippen LogP contribution in [0.15, 0.2) is 11.6 Å². The van der Waals surface area contributed by atoms with Crippen molar-refractivity contribution < 1.29 is 0 Å². The fourth-order valence-corrected chi connectivity index (χ4v) is 8.10. The Morgan fingerprint density at radius 2 is 1.86 bits per heavy atom. The van der Waals surface area contributed by atoms with Gasteiger partial charge in [0.1, 0.15) is 0 Å². The van der Waals surface area contributed by atoms with Crippen LogP contribution in [0, 0.1) is 40.4 Å². The van der Waals surface area contributed by atoms with Gasteiger partial charge in [0.05, 0.1) is 0 Å². The molecule has 0 aromatic carbocycles. The molecule has 28 heavy (non-hydrogen) atoms. The highest BCUT2D eigenvalue weighted by Gasteiger charge is 2.51. The molecule has 0 spiro atoms. The van der Waals surface area contributed by atoms with Gasteiger partial charge in [0.15, 0.2) is 0 Å². The predicted molar refractivity (Wildman–Crippen MR) is 124 cm³/mol. The molecule has 0 radical (unpaired) electrons. The highest BCUT2D eigenvalue weighted by atomic mass is 14.6. The molecular formula is C28H50. The van der Waals surface area contributed by atoms with Crippen molar-refractivity contribution >= 4 is 0 Å². The van der Waals surface area contributed by atoms with Crippen molar-refractivity contribution in [2.24, 2.45) is 40.4 Å². The summed E-state index contributed by atoms with van der Waals surface area (Å²) >= 11 is 0. The highest BCUT2D eigenvalue weighted by molar-refractivity contribution is 5.20. The summed E-state index contributed by atoms with van der Waals surface area (Å²) in [6.07, 6.45) is 21.5. The number of rotatable bonds is 8. The van der Waals surface area contributed by atoms with E-state index in [4.69, 9.17) is 0 Å². The lowest BCUT2D eigenvalue weighted by molar-refractivity contribution is 0.0430. The molecule has 0 nitrogen and oxygen atoms in total. The van der Waals surface area contributed by atoms with Crippen molar-refractivity contribution in [2.45, 2.75) is 125 Å². The topological polar surface area (TPSA) is 0 Å². The molecule has 0 amide bonds. The normalized spacial score (nSPS) is 39.7. The zero-order chi connectivity index (χ0) is 20.4. The fourth-order valence-electron chi connectivity index (χ4n) is 8.10. The van der Waals surface area contributed by atoms with E-state index in [0.717, 1.165) is 29.6 Å². The number of allylic oxidation sites excluding steroid dienone is 2. The summed E-state index contributed by atoms with van der Waals surface area (Å²) in [6, 6.07) is 0. The highest BCUT2D eigenvalue weighted by Crippen LogP contribution is 2.61. The molecular weight excluding hydrogens is 336 g/mol. The fraction of sp³-hybridized carbons (Fsp3) is 0.929. The Labute approximate surface area is 177 Å². The summed E-state index contributed by atoms with van der Waals surface area (Å²) in [5.74, 6) is 4.68. The lowest BCUT2D eigenvalue weighted by Gasteiger charge is -2.49. The first kappa shape index (κ1) is 22.4. The Morgan fingerprint density at radius 1 is 1.07 bits per heavy atom. The standard InChI is InChI=1S/C28H50/c1-7-18-28(6)25(22(4)12-10-11-21(2)3)16-17-26(28)23-14-15-24-13-8-9-19-27(24,5)20-23/h15,21-23,25-26H,7-14,16-20H2,1-6H3/t22?,23?,25?,26?,27-,28-/m1/s1. The van der Waals surface area contributed by atoms with Crippen LogP contribution in [0.2, 0.25) is 0 Å². The Hall–Kier alpha value is -0.260. The van der Waals surface area contributed by atoms with Gasteiger partial charge >= 0.3 is 0 Å². The number of fused-ring (bicyclic) bond motifs is 1. The lowest BCUT2D eigenvalue weighted by atomic mass is 9.56. The van der Waals surface area contributed by atoms with Gasteiger partial charge in [-0.1, -0.05) is 85.3 Å². The zero-order valence-electron chi connectivity index (χ0n) is 20.2. The lowest BCUT2D eigenvalue weighted by Crippen LogP contribution is -2.39. The Balaban J connectivity index is 1.72. The molecule has 162 valence electrons. The van der Waals surface area contributed by atoms with Crippen molar-refractivity contribution in [3.63, 3.8) is 0 Å². The van der Waals surface area contributed by atoms with E-state index in [9.17, 15) is 0 Å². The molecule has 2 saturated carbocycles. The second kappa shape index (κ2) is 9.26. The number of hydrogen-bond acceptors (Lipinski definition) is 0. The van der Waals surface area contributed by atoms with Gasteiger partial charge in [-0.3, -0.25) is 0 Å². The summed E-state index contributed by atoms with van der Waals surface area (Å²) in [4.78, 5) is 0. The first-order valence-electron chi connectivity index (χ1n) is 13.0. The Morgan fingerprint density at radius 3 is 2.57 bits per heavy atom. The van der Waals surface area contributed by atoms with Crippen LogP contribution in [0.4, 0.5) is 0 Å². The molecule has 0 heteroatoms. The Bertz CT molecular complexity index is 528. The summed E-state index contributed by atoms with van der Waals surface area (Å²) < 4.78 is 0. The van der Waals surface area contributed by atoms with Crippen LogP contribution in [0.1, 0.15) is 125 Å². The van der Waals surface area contributed by atoms with E-state index < -0.39 is 0 Å². The minimum Gasteiger partial charge on any atom is -0.0845 e. The second-order valence-electron chi connectivity index (χ2n) is 12.0. The van der Waals surface area contributed by atoms with Gasteiger partial charge in [0.25, 0.3) is 0 Å².